The van der Waals surface area contributed by atoms with Crippen molar-refractivity contribution in [2.45, 2.75) is 25.0 Å². The van der Waals surface area contributed by atoms with Crippen molar-refractivity contribution < 1.29 is 9.47 Å². The van der Waals surface area contributed by atoms with Gasteiger partial charge in [0, 0.05) is 12.0 Å². The molecule has 1 heterocycles. The quantitative estimate of drug-likeness (QED) is 0.698. The fourth-order valence-electron chi connectivity index (χ4n) is 3.95. The monoisotopic (exact) mass is 250 g/mol. The average Bonchev–Trinajstić information content (AvgIpc) is 3.09. The molecule has 1 aromatic carbocycles. The van der Waals surface area contributed by atoms with Gasteiger partial charge < -0.3 is 9.47 Å². The van der Waals surface area contributed by atoms with Crippen LogP contribution in [0.25, 0.3) is 0 Å². The first-order valence-corrected chi connectivity index (χ1v) is 6.92. The SMILES string of the molecule is C1=CCC2=C3C[C@@H](CC34Oc3ccccc3O4)C2=C1. The highest BCUT2D eigenvalue weighted by molar-refractivity contribution is 5.57. The third-order valence-electron chi connectivity index (χ3n) is 4.71. The van der Waals surface area contributed by atoms with E-state index in [2.05, 4.69) is 18.2 Å². The maximum atomic E-state index is 6.21. The molecule has 94 valence electrons. The van der Waals surface area contributed by atoms with Crippen LogP contribution in [0.2, 0.25) is 0 Å². The predicted molar refractivity (Wildman–Crippen MR) is 72.0 cm³/mol. The van der Waals surface area contributed by atoms with E-state index in [1.165, 1.54) is 16.7 Å². The molecule has 19 heavy (non-hydrogen) atoms. The van der Waals surface area contributed by atoms with E-state index in [-0.39, 0.29) is 0 Å². The van der Waals surface area contributed by atoms with E-state index in [1.807, 2.05) is 24.3 Å². The summed E-state index contributed by atoms with van der Waals surface area (Å²) in [6.07, 6.45) is 9.77. The largest absolute Gasteiger partial charge is 0.445 e. The van der Waals surface area contributed by atoms with Crippen LogP contribution in [0.4, 0.5) is 0 Å². The number of hydrogen-bond donors (Lipinski definition) is 0. The molecule has 0 unspecified atom stereocenters. The van der Waals surface area contributed by atoms with Crippen molar-refractivity contribution in [3.8, 4) is 11.5 Å². The highest BCUT2D eigenvalue weighted by Crippen LogP contribution is 2.59. The Morgan fingerprint density at radius 2 is 1.89 bits per heavy atom. The van der Waals surface area contributed by atoms with E-state index in [0.29, 0.717) is 5.92 Å². The van der Waals surface area contributed by atoms with E-state index >= 15 is 0 Å². The summed E-state index contributed by atoms with van der Waals surface area (Å²) < 4.78 is 12.4. The summed E-state index contributed by atoms with van der Waals surface area (Å²) in [4.78, 5) is 0. The van der Waals surface area contributed by atoms with Crippen LogP contribution in [0.15, 0.2) is 59.2 Å². The minimum absolute atomic E-state index is 0.494. The van der Waals surface area contributed by atoms with E-state index in [0.717, 1.165) is 30.8 Å². The third-order valence-corrected chi connectivity index (χ3v) is 4.71. The highest BCUT2D eigenvalue weighted by atomic mass is 16.7. The fourth-order valence-corrected chi connectivity index (χ4v) is 3.95. The van der Waals surface area contributed by atoms with Gasteiger partial charge in [-0.05, 0) is 42.0 Å². The second-order valence-electron chi connectivity index (χ2n) is 5.72. The lowest BCUT2D eigenvalue weighted by Gasteiger charge is -2.31. The first-order chi connectivity index (χ1) is 9.36. The summed E-state index contributed by atoms with van der Waals surface area (Å²) in [6, 6.07) is 8.00. The normalized spacial score (nSPS) is 28.0. The lowest BCUT2D eigenvalue weighted by Crippen LogP contribution is -2.40. The smallest absolute Gasteiger partial charge is 0.275 e. The highest BCUT2D eigenvalue weighted by Gasteiger charge is 2.57. The predicted octanol–water partition coefficient (Wildman–Crippen LogP) is 3.76. The number of rotatable bonds is 0. The first kappa shape index (κ1) is 9.90. The number of fused-ring (bicyclic) bond motifs is 6. The Labute approximate surface area is 112 Å². The molecule has 0 N–H and O–H groups in total. The van der Waals surface area contributed by atoms with Crippen LogP contribution in [-0.2, 0) is 0 Å². The molecule has 1 atom stereocenters. The van der Waals surface area contributed by atoms with Crippen LogP contribution in [0.1, 0.15) is 19.3 Å². The molecular formula is C17H14O2. The molecule has 1 aliphatic heterocycles. The molecule has 0 amide bonds. The van der Waals surface area contributed by atoms with Gasteiger partial charge in [-0.3, -0.25) is 0 Å². The summed E-state index contributed by atoms with van der Waals surface area (Å²) >= 11 is 0. The first-order valence-electron chi connectivity index (χ1n) is 6.92. The van der Waals surface area contributed by atoms with Gasteiger partial charge in [-0.2, -0.15) is 0 Å². The van der Waals surface area contributed by atoms with Crippen LogP contribution >= 0.6 is 0 Å². The number of para-hydroxylation sites is 2. The topological polar surface area (TPSA) is 18.5 Å². The Kier molecular flexibility index (Phi) is 1.63. The van der Waals surface area contributed by atoms with Gasteiger partial charge >= 0.3 is 0 Å². The molecule has 1 aromatic rings. The van der Waals surface area contributed by atoms with Gasteiger partial charge in [0.25, 0.3) is 5.79 Å². The van der Waals surface area contributed by atoms with E-state index in [1.54, 1.807) is 0 Å². The Morgan fingerprint density at radius 1 is 1.11 bits per heavy atom. The zero-order valence-electron chi connectivity index (χ0n) is 10.6. The molecule has 0 aromatic heterocycles. The minimum atomic E-state index is -0.494. The van der Waals surface area contributed by atoms with Crippen LogP contribution < -0.4 is 9.47 Å². The summed E-state index contributed by atoms with van der Waals surface area (Å²) in [7, 11) is 0. The molecule has 2 nitrogen and oxygen atoms in total. The standard InChI is InChI=1S/C17H14O2/c1-2-6-13-12(5-1)11-9-14(13)17(10-11)18-15-7-3-4-8-16(15)19-17/h1-5,7-8,11H,6,9-10H2/t11-/m0/s1. The molecule has 1 spiro atoms. The zero-order chi connectivity index (χ0) is 12.4. The van der Waals surface area contributed by atoms with E-state index < -0.39 is 5.79 Å². The van der Waals surface area contributed by atoms with Crippen molar-refractivity contribution in [1.29, 1.82) is 0 Å². The lowest BCUT2D eigenvalue weighted by molar-refractivity contribution is -0.0443. The minimum Gasteiger partial charge on any atom is -0.445 e. The van der Waals surface area contributed by atoms with Crippen molar-refractivity contribution >= 4 is 0 Å². The molecule has 0 radical (unpaired) electrons. The molecule has 2 heteroatoms. The van der Waals surface area contributed by atoms with Gasteiger partial charge in [-0.1, -0.05) is 30.4 Å². The number of allylic oxidation sites excluding steroid dienone is 5. The van der Waals surface area contributed by atoms with Gasteiger partial charge in [0.05, 0.1) is 0 Å². The van der Waals surface area contributed by atoms with Crippen molar-refractivity contribution in [3.63, 3.8) is 0 Å². The average molecular weight is 250 g/mol. The van der Waals surface area contributed by atoms with Gasteiger partial charge in [-0.15, -0.1) is 0 Å². The molecular weight excluding hydrogens is 236 g/mol. The maximum Gasteiger partial charge on any atom is 0.275 e. The van der Waals surface area contributed by atoms with Crippen LogP contribution in [0.5, 0.6) is 11.5 Å². The summed E-state index contributed by atoms with van der Waals surface area (Å²) in [6.45, 7) is 0. The fraction of sp³-hybridized carbons (Fsp3) is 0.294. The molecule has 4 aliphatic rings. The maximum absolute atomic E-state index is 6.21. The molecule has 2 bridgehead atoms. The van der Waals surface area contributed by atoms with Crippen molar-refractivity contribution in [1.82, 2.24) is 0 Å². The Hall–Kier alpha value is -1.96. The summed E-state index contributed by atoms with van der Waals surface area (Å²) in [5, 5.41) is 0. The lowest BCUT2D eigenvalue weighted by atomic mass is 9.85. The second kappa shape index (κ2) is 3.13. The number of benzene rings is 1. The van der Waals surface area contributed by atoms with Gasteiger partial charge in [0.1, 0.15) is 0 Å². The summed E-state index contributed by atoms with van der Waals surface area (Å²) in [5.41, 5.74) is 4.36. The zero-order valence-corrected chi connectivity index (χ0v) is 10.6. The Morgan fingerprint density at radius 3 is 2.68 bits per heavy atom. The van der Waals surface area contributed by atoms with Gasteiger partial charge in [0.15, 0.2) is 11.5 Å². The van der Waals surface area contributed by atoms with Crippen LogP contribution in [0.3, 0.4) is 0 Å². The molecule has 1 fully saturated rings. The van der Waals surface area contributed by atoms with Gasteiger partial charge in [0.2, 0.25) is 0 Å². The van der Waals surface area contributed by atoms with Crippen molar-refractivity contribution in [2.75, 3.05) is 0 Å². The van der Waals surface area contributed by atoms with Crippen LogP contribution in [0, 0.1) is 5.92 Å². The van der Waals surface area contributed by atoms with Gasteiger partial charge in [-0.25, -0.2) is 0 Å². The molecule has 5 rings (SSSR count). The third kappa shape index (κ3) is 1.12. The van der Waals surface area contributed by atoms with Crippen molar-refractivity contribution in [2.24, 2.45) is 5.92 Å². The van der Waals surface area contributed by atoms with Crippen LogP contribution in [-0.4, -0.2) is 5.79 Å². The second-order valence-corrected chi connectivity index (χ2v) is 5.72. The van der Waals surface area contributed by atoms with E-state index in [9.17, 15) is 0 Å². The molecule has 3 aliphatic carbocycles. The summed E-state index contributed by atoms with van der Waals surface area (Å²) in [5.74, 6) is 1.87. The molecule has 1 saturated carbocycles. The molecule has 0 saturated heterocycles. The van der Waals surface area contributed by atoms with Crippen molar-refractivity contribution in [3.05, 3.63) is 59.2 Å². The Bertz CT molecular complexity index is 653. The number of ether oxygens (including phenoxy) is 2. The van der Waals surface area contributed by atoms with E-state index in [4.69, 9.17) is 9.47 Å². The Balaban J connectivity index is 1.64. The number of hydrogen-bond acceptors (Lipinski definition) is 2.